The lowest BCUT2D eigenvalue weighted by Gasteiger charge is -2.07. The predicted octanol–water partition coefficient (Wildman–Crippen LogP) is 1.28. The number of anilines is 1. The molecule has 0 aliphatic carbocycles. The molecule has 0 saturated carbocycles. The van der Waals surface area contributed by atoms with Crippen molar-refractivity contribution >= 4 is 11.4 Å². The summed E-state index contributed by atoms with van der Waals surface area (Å²) in [5, 5.41) is 19.7. The van der Waals surface area contributed by atoms with Crippen LogP contribution in [0.2, 0.25) is 0 Å². The van der Waals surface area contributed by atoms with Gasteiger partial charge in [0.2, 0.25) is 0 Å². The molecule has 0 atom stereocenters. The Morgan fingerprint density at radius 3 is 2.79 bits per heavy atom. The Labute approximate surface area is 80.1 Å². The highest BCUT2D eigenvalue weighted by molar-refractivity contribution is 5.66. The maximum absolute atomic E-state index is 10.4. The maximum atomic E-state index is 10.4. The molecule has 0 unspecified atom stereocenters. The van der Waals surface area contributed by atoms with Gasteiger partial charge in [0.1, 0.15) is 11.4 Å². The first-order chi connectivity index (χ1) is 6.56. The van der Waals surface area contributed by atoms with Crippen LogP contribution in [0.25, 0.3) is 0 Å². The van der Waals surface area contributed by atoms with E-state index in [4.69, 9.17) is 10.5 Å². The van der Waals surface area contributed by atoms with Gasteiger partial charge >= 0.3 is 0 Å². The molecule has 3 N–H and O–H groups in total. The van der Waals surface area contributed by atoms with Crippen LogP contribution in [0.3, 0.4) is 0 Å². The number of nitrogens with zero attached hydrogens (tertiary/aromatic N) is 1. The van der Waals surface area contributed by atoms with Crippen molar-refractivity contribution in [1.82, 2.24) is 0 Å². The first-order valence-electron chi connectivity index (χ1n) is 3.96. The quantitative estimate of drug-likeness (QED) is 0.330. The van der Waals surface area contributed by atoms with Crippen molar-refractivity contribution in [3.05, 3.63) is 22.2 Å². The molecule has 1 aromatic carbocycles. The normalized spacial score (nSPS) is 9.79. The Morgan fingerprint density at radius 1 is 1.64 bits per heavy atom. The summed E-state index contributed by atoms with van der Waals surface area (Å²) in [6.45, 7) is 2.04. The fourth-order valence-corrected chi connectivity index (χ4v) is 0.978. The molecule has 6 heteroatoms. The minimum atomic E-state index is -0.623. The van der Waals surface area contributed by atoms with E-state index in [1.807, 2.05) is 0 Å². The number of nitrogens with two attached hydrogens (primary N) is 1. The van der Waals surface area contributed by atoms with Gasteiger partial charge in [0.25, 0.3) is 5.69 Å². The molecule has 6 nitrogen and oxygen atoms in total. The number of non-ortho nitro benzene ring substituents is 1. The van der Waals surface area contributed by atoms with E-state index in [2.05, 4.69) is 0 Å². The molecule has 0 amide bonds. The van der Waals surface area contributed by atoms with E-state index in [1.54, 1.807) is 6.92 Å². The van der Waals surface area contributed by atoms with E-state index < -0.39 is 4.92 Å². The molecule has 1 rings (SSSR count). The lowest BCUT2D eigenvalue weighted by Crippen LogP contribution is -1.98. The number of benzene rings is 1. The number of nitro benzene ring substituents is 1. The van der Waals surface area contributed by atoms with Crippen LogP contribution in [0, 0.1) is 10.1 Å². The van der Waals surface area contributed by atoms with Gasteiger partial charge in [-0.25, -0.2) is 0 Å². The van der Waals surface area contributed by atoms with Crippen LogP contribution >= 0.6 is 0 Å². The Balaban J connectivity index is 3.20. The molecule has 0 saturated heterocycles. The van der Waals surface area contributed by atoms with Gasteiger partial charge in [0, 0.05) is 0 Å². The minimum Gasteiger partial charge on any atom is -0.505 e. The van der Waals surface area contributed by atoms with Crippen molar-refractivity contribution in [2.45, 2.75) is 6.92 Å². The molecule has 0 fully saturated rings. The van der Waals surface area contributed by atoms with E-state index in [1.165, 1.54) is 6.07 Å². The Bertz CT molecular complexity index is 365. The number of ether oxygens (including phenoxy) is 1. The van der Waals surface area contributed by atoms with E-state index in [0.29, 0.717) is 6.61 Å². The number of phenolic OH excluding ortho intramolecular Hbond substituents is 1. The average Bonchev–Trinajstić information content (AvgIpc) is 2.12. The fraction of sp³-hybridized carbons (Fsp3) is 0.250. The Hall–Kier alpha value is -1.98. The van der Waals surface area contributed by atoms with Crippen molar-refractivity contribution in [3.8, 4) is 11.5 Å². The van der Waals surface area contributed by atoms with Crippen molar-refractivity contribution in [2.24, 2.45) is 0 Å². The summed E-state index contributed by atoms with van der Waals surface area (Å²) < 4.78 is 5.02. The van der Waals surface area contributed by atoms with Crippen LogP contribution in [0.5, 0.6) is 11.5 Å². The standard InChI is InChI=1S/C8H10N2O4/c1-2-14-7-4-5(10(12)13)3-6(11)8(7)9/h3-4,11H,2,9H2,1H3. The van der Waals surface area contributed by atoms with E-state index in [-0.39, 0.29) is 22.9 Å². The topological polar surface area (TPSA) is 98.6 Å². The molecule has 0 bridgehead atoms. The molecule has 14 heavy (non-hydrogen) atoms. The maximum Gasteiger partial charge on any atom is 0.276 e. The van der Waals surface area contributed by atoms with Crippen LogP contribution in [-0.4, -0.2) is 16.6 Å². The van der Waals surface area contributed by atoms with Gasteiger partial charge in [-0.05, 0) is 6.92 Å². The number of hydrogen-bond acceptors (Lipinski definition) is 5. The van der Waals surface area contributed by atoms with Crippen LogP contribution < -0.4 is 10.5 Å². The molecule has 0 aliphatic rings. The van der Waals surface area contributed by atoms with Gasteiger partial charge in [0.05, 0.1) is 23.7 Å². The second-order valence-corrected chi connectivity index (χ2v) is 2.57. The summed E-state index contributed by atoms with van der Waals surface area (Å²) >= 11 is 0. The number of nitro groups is 1. The summed E-state index contributed by atoms with van der Waals surface area (Å²) in [6, 6.07) is 2.16. The van der Waals surface area contributed by atoms with Gasteiger partial charge in [0.15, 0.2) is 5.75 Å². The van der Waals surface area contributed by atoms with Crippen molar-refractivity contribution in [3.63, 3.8) is 0 Å². The van der Waals surface area contributed by atoms with E-state index in [0.717, 1.165) is 6.07 Å². The first-order valence-corrected chi connectivity index (χ1v) is 3.96. The van der Waals surface area contributed by atoms with Gasteiger partial charge in [-0.15, -0.1) is 0 Å². The van der Waals surface area contributed by atoms with Gasteiger partial charge in [-0.1, -0.05) is 0 Å². The number of aromatic hydroxyl groups is 1. The second-order valence-electron chi connectivity index (χ2n) is 2.57. The molecule has 0 heterocycles. The third kappa shape index (κ3) is 1.85. The van der Waals surface area contributed by atoms with E-state index in [9.17, 15) is 15.2 Å². The van der Waals surface area contributed by atoms with Crippen LogP contribution in [0.1, 0.15) is 6.92 Å². The molecule has 1 aromatic rings. The number of phenols is 1. The number of rotatable bonds is 3. The zero-order chi connectivity index (χ0) is 10.7. The van der Waals surface area contributed by atoms with E-state index >= 15 is 0 Å². The highest BCUT2D eigenvalue weighted by Gasteiger charge is 2.14. The average molecular weight is 198 g/mol. The number of nitrogen functional groups attached to an aromatic ring is 1. The largest absolute Gasteiger partial charge is 0.505 e. The van der Waals surface area contributed by atoms with Crippen LogP contribution in [0.4, 0.5) is 11.4 Å². The summed E-state index contributed by atoms with van der Waals surface area (Å²) in [5.41, 5.74) is 5.20. The lowest BCUT2D eigenvalue weighted by molar-refractivity contribution is -0.385. The van der Waals surface area contributed by atoms with Gasteiger partial charge in [-0.3, -0.25) is 10.1 Å². The zero-order valence-corrected chi connectivity index (χ0v) is 7.56. The molecule has 76 valence electrons. The molecule has 0 aliphatic heterocycles. The monoisotopic (exact) mass is 198 g/mol. The van der Waals surface area contributed by atoms with Gasteiger partial charge < -0.3 is 15.6 Å². The molecule has 0 spiro atoms. The van der Waals surface area contributed by atoms with Crippen molar-refractivity contribution in [2.75, 3.05) is 12.3 Å². The minimum absolute atomic E-state index is 0.0115. The second kappa shape index (κ2) is 3.82. The summed E-state index contributed by atoms with van der Waals surface area (Å²) in [4.78, 5) is 9.80. The summed E-state index contributed by atoms with van der Waals surface area (Å²) in [5.74, 6) is -0.221. The molecule has 0 aromatic heterocycles. The van der Waals surface area contributed by atoms with Crippen LogP contribution in [0.15, 0.2) is 12.1 Å². The predicted molar refractivity (Wildman–Crippen MR) is 50.3 cm³/mol. The molecular weight excluding hydrogens is 188 g/mol. The Kier molecular flexibility index (Phi) is 2.76. The van der Waals surface area contributed by atoms with Gasteiger partial charge in [-0.2, -0.15) is 0 Å². The first kappa shape index (κ1) is 10.1. The lowest BCUT2D eigenvalue weighted by atomic mass is 10.2. The SMILES string of the molecule is CCOc1cc([N+](=O)[O-])cc(O)c1N. The summed E-state index contributed by atoms with van der Waals surface area (Å²) in [6.07, 6.45) is 0. The van der Waals surface area contributed by atoms with Crippen LogP contribution in [-0.2, 0) is 0 Å². The molecular formula is C8H10N2O4. The third-order valence-electron chi connectivity index (χ3n) is 1.62. The highest BCUT2D eigenvalue weighted by atomic mass is 16.6. The smallest absolute Gasteiger partial charge is 0.276 e. The fourth-order valence-electron chi connectivity index (χ4n) is 0.978. The highest BCUT2D eigenvalue weighted by Crippen LogP contribution is 2.35. The Morgan fingerprint density at radius 2 is 2.29 bits per heavy atom. The summed E-state index contributed by atoms with van der Waals surface area (Å²) in [7, 11) is 0. The number of hydrogen-bond donors (Lipinski definition) is 2. The molecule has 0 radical (unpaired) electrons. The third-order valence-corrected chi connectivity index (χ3v) is 1.62. The van der Waals surface area contributed by atoms with Crippen molar-refractivity contribution < 1.29 is 14.8 Å². The van der Waals surface area contributed by atoms with Crippen molar-refractivity contribution in [1.29, 1.82) is 0 Å². The zero-order valence-electron chi connectivity index (χ0n) is 7.56.